The number of hydrogen-bond donors (Lipinski definition) is 2. The Labute approximate surface area is 140 Å². The second-order valence-electron chi connectivity index (χ2n) is 5.57. The number of benzene rings is 1. The molecule has 7 heteroatoms. The zero-order chi connectivity index (χ0) is 15.7. The molecule has 2 heterocycles. The summed E-state index contributed by atoms with van der Waals surface area (Å²) in [6.45, 7) is 2.68. The van der Waals surface area contributed by atoms with Crippen LogP contribution in [-0.2, 0) is 11.8 Å². The zero-order valence-electron chi connectivity index (χ0n) is 13.2. The van der Waals surface area contributed by atoms with Crippen LogP contribution in [-0.4, -0.2) is 27.9 Å². The summed E-state index contributed by atoms with van der Waals surface area (Å²) in [5.74, 6) is -0.136. The van der Waals surface area contributed by atoms with E-state index in [1.807, 2.05) is 44.3 Å². The minimum Gasteiger partial charge on any atom is -0.319 e. The molecule has 1 aliphatic rings. The quantitative estimate of drug-likeness (QED) is 0.894. The summed E-state index contributed by atoms with van der Waals surface area (Å²) in [6, 6.07) is 9.19. The minimum absolute atomic E-state index is 0. The standard InChI is InChI=1S/C16H20N4O2.ClH/c1-11-14(18-15(21)13-9-6-10-17-13)16(22)20(19(11)2)12-7-4-3-5-8-12;/h3-5,7-8,13,17H,6,9-10H2,1-2H3,(H,18,21);1H. The number of hydrogen-bond acceptors (Lipinski definition) is 3. The third-order valence-electron chi connectivity index (χ3n) is 4.18. The van der Waals surface area contributed by atoms with Crippen LogP contribution in [0.2, 0.25) is 0 Å². The molecular weight excluding hydrogens is 316 g/mol. The molecule has 1 aromatic heterocycles. The van der Waals surface area contributed by atoms with E-state index in [1.54, 1.807) is 9.36 Å². The largest absolute Gasteiger partial charge is 0.319 e. The van der Waals surface area contributed by atoms with Gasteiger partial charge in [0.1, 0.15) is 5.69 Å². The molecule has 1 saturated heterocycles. The van der Waals surface area contributed by atoms with Crippen LogP contribution in [0.3, 0.4) is 0 Å². The van der Waals surface area contributed by atoms with Gasteiger partial charge >= 0.3 is 0 Å². The second kappa shape index (κ2) is 7.02. The maximum absolute atomic E-state index is 12.7. The molecule has 0 aliphatic carbocycles. The topological polar surface area (TPSA) is 68.1 Å². The molecule has 2 aromatic rings. The van der Waals surface area contributed by atoms with Gasteiger partial charge in [-0.25, -0.2) is 4.68 Å². The van der Waals surface area contributed by atoms with Crippen molar-refractivity contribution in [3.05, 3.63) is 46.4 Å². The summed E-state index contributed by atoms with van der Waals surface area (Å²) in [5.41, 5.74) is 1.65. The molecule has 23 heavy (non-hydrogen) atoms. The monoisotopic (exact) mass is 336 g/mol. The first-order valence-electron chi connectivity index (χ1n) is 7.48. The van der Waals surface area contributed by atoms with E-state index in [4.69, 9.17) is 0 Å². The first-order valence-corrected chi connectivity index (χ1v) is 7.48. The zero-order valence-corrected chi connectivity index (χ0v) is 14.0. The Morgan fingerprint density at radius 1 is 1.30 bits per heavy atom. The van der Waals surface area contributed by atoms with Crippen molar-refractivity contribution in [1.29, 1.82) is 0 Å². The van der Waals surface area contributed by atoms with Crippen LogP contribution in [0.5, 0.6) is 0 Å². The van der Waals surface area contributed by atoms with E-state index in [2.05, 4.69) is 10.6 Å². The Bertz CT molecular complexity index is 745. The van der Waals surface area contributed by atoms with Crippen molar-refractivity contribution in [3.63, 3.8) is 0 Å². The predicted octanol–water partition coefficient (Wildman–Crippen LogP) is 1.60. The van der Waals surface area contributed by atoms with E-state index >= 15 is 0 Å². The molecule has 1 aliphatic heterocycles. The van der Waals surface area contributed by atoms with Gasteiger partial charge in [-0.15, -0.1) is 12.4 Å². The molecule has 0 saturated carbocycles. The van der Waals surface area contributed by atoms with Gasteiger partial charge in [-0.1, -0.05) is 18.2 Å². The van der Waals surface area contributed by atoms with E-state index < -0.39 is 0 Å². The molecule has 1 aromatic carbocycles. The van der Waals surface area contributed by atoms with E-state index in [9.17, 15) is 9.59 Å². The second-order valence-corrected chi connectivity index (χ2v) is 5.57. The van der Waals surface area contributed by atoms with Crippen LogP contribution in [0.15, 0.2) is 35.1 Å². The Balaban J connectivity index is 0.00000192. The number of nitrogens with zero attached hydrogens (tertiary/aromatic N) is 2. The number of para-hydroxylation sites is 1. The highest BCUT2D eigenvalue weighted by atomic mass is 35.5. The average Bonchev–Trinajstić information content (AvgIpc) is 3.13. The molecule has 0 radical (unpaired) electrons. The molecule has 1 atom stereocenters. The van der Waals surface area contributed by atoms with E-state index in [1.165, 1.54) is 0 Å². The number of aromatic nitrogens is 2. The Morgan fingerprint density at radius 2 is 2.00 bits per heavy atom. The number of rotatable bonds is 3. The van der Waals surface area contributed by atoms with Gasteiger partial charge in [0.05, 0.1) is 17.4 Å². The van der Waals surface area contributed by atoms with Crippen molar-refractivity contribution in [2.24, 2.45) is 7.05 Å². The number of carbonyl (C=O) groups excluding carboxylic acids is 1. The predicted molar refractivity (Wildman–Crippen MR) is 92.6 cm³/mol. The lowest BCUT2D eigenvalue weighted by atomic mass is 10.2. The molecule has 1 fully saturated rings. The van der Waals surface area contributed by atoms with Gasteiger partial charge in [0.2, 0.25) is 5.91 Å². The minimum atomic E-state index is -0.211. The van der Waals surface area contributed by atoms with Crippen LogP contribution in [0.4, 0.5) is 5.69 Å². The van der Waals surface area contributed by atoms with Crippen LogP contribution >= 0.6 is 12.4 Å². The normalized spacial score (nSPS) is 16.9. The molecule has 3 rings (SSSR count). The fraction of sp³-hybridized carbons (Fsp3) is 0.375. The van der Waals surface area contributed by atoms with Crippen molar-refractivity contribution in [3.8, 4) is 5.69 Å². The molecule has 0 spiro atoms. The van der Waals surface area contributed by atoms with E-state index in [-0.39, 0.29) is 29.9 Å². The Hall–Kier alpha value is -2.05. The fourth-order valence-corrected chi connectivity index (χ4v) is 2.83. The van der Waals surface area contributed by atoms with E-state index in [0.717, 1.165) is 30.8 Å². The molecule has 1 amide bonds. The van der Waals surface area contributed by atoms with Crippen molar-refractivity contribution in [2.75, 3.05) is 11.9 Å². The van der Waals surface area contributed by atoms with Crippen molar-refractivity contribution in [1.82, 2.24) is 14.7 Å². The van der Waals surface area contributed by atoms with Crippen molar-refractivity contribution < 1.29 is 4.79 Å². The van der Waals surface area contributed by atoms with Crippen molar-refractivity contribution in [2.45, 2.75) is 25.8 Å². The maximum atomic E-state index is 12.7. The third-order valence-corrected chi connectivity index (χ3v) is 4.18. The summed E-state index contributed by atoms with van der Waals surface area (Å²) >= 11 is 0. The van der Waals surface area contributed by atoms with Gasteiger partial charge in [-0.05, 0) is 38.4 Å². The molecule has 0 bridgehead atoms. The number of nitrogens with one attached hydrogen (secondary N) is 2. The number of carbonyl (C=O) groups is 1. The lowest BCUT2D eigenvalue weighted by Gasteiger charge is -2.09. The lowest BCUT2D eigenvalue weighted by Crippen LogP contribution is -2.36. The maximum Gasteiger partial charge on any atom is 0.295 e. The molecule has 124 valence electrons. The highest BCUT2D eigenvalue weighted by molar-refractivity contribution is 5.95. The summed E-state index contributed by atoms with van der Waals surface area (Å²) in [5, 5.41) is 5.94. The molecule has 2 N–H and O–H groups in total. The Kier molecular flexibility index (Phi) is 5.28. The number of amides is 1. The first-order chi connectivity index (χ1) is 10.6. The van der Waals surface area contributed by atoms with Gasteiger partial charge < -0.3 is 10.6 Å². The summed E-state index contributed by atoms with van der Waals surface area (Å²) in [7, 11) is 1.81. The van der Waals surface area contributed by atoms with Gasteiger partial charge in [0.15, 0.2) is 0 Å². The highest BCUT2D eigenvalue weighted by Crippen LogP contribution is 2.15. The van der Waals surface area contributed by atoms with E-state index in [0.29, 0.717) is 5.69 Å². The number of anilines is 1. The smallest absolute Gasteiger partial charge is 0.295 e. The molecule has 1 unspecified atom stereocenters. The van der Waals surface area contributed by atoms with Crippen LogP contribution < -0.4 is 16.2 Å². The van der Waals surface area contributed by atoms with Crippen molar-refractivity contribution >= 4 is 24.0 Å². The molecule has 6 nitrogen and oxygen atoms in total. The summed E-state index contributed by atoms with van der Waals surface area (Å²) in [6.07, 6.45) is 1.80. The average molecular weight is 337 g/mol. The van der Waals surface area contributed by atoms with Crippen LogP contribution in [0.25, 0.3) is 5.69 Å². The number of halogens is 1. The first kappa shape index (κ1) is 17.3. The van der Waals surface area contributed by atoms with Crippen LogP contribution in [0, 0.1) is 6.92 Å². The fourth-order valence-electron chi connectivity index (χ4n) is 2.83. The summed E-state index contributed by atoms with van der Waals surface area (Å²) < 4.78 is 3.32. The third kappa shape index (κ3) is 3.18. The highest BCUT2D eigenvalue weighted by Gasteiger charge is 2.25. The van der Waals surface area contributed by atoms with Gasteiger partial charge in [0.25, 0.3) is 5.56 Å². The SMILES string of the molecule is Cc1c(NC(=O)C2CCCN2)c(=O)n(-c2ccccc2)n1C.Cl. The van der Waals surface area contributed by atoms with Gasteiger partial charge in [0, 0.05) is 7.05 Å². The van der Waals surface area contributed by atoms with Gasteiger partial charge in [-0.3, -0.25) is 14.3 Å². The molecular formula is C16H21ClN4O2. The van der Waals surface area contributed by atoms with Gasteiger partial charge in [-0.2, -0.15) is 0 Å². The Morgan fingerprint density at radius 3 is 2.61 bits per heavy atom. The van der Waals surface area contributed by atoms with Crippen LogP contribution in [0.1, 0.15) is 18.5 Å². The summed E-state index contributed by atoms with van der Waals surface area (Å²) in [4.78, 5) is 24.9. The lowest BCUT2D eigenvalue weighted by molar-refractivity contribution is -0.117.